The highest BCUT2D eigenvalue weighted by molar-refractivity contribution is 9.10. The van der Waals surface area contributed by atoms with E-state index in [9.17, 15) is 4.79 Å². The molecule has 0 atom stereocenters. The van der Waals surface area contributed by atoms with E-state index in [4.69, 9.17) is 4.74 Å². The zero-order chi connectivity index (χ0) is 15.6. The molecule has 0 aliphatic carbocycles. The fraction of sp³-hybridized carbons (Fsp3) is 0.357. The van der Waals surface area contributed by atoms with E-state index in [1.165, 1.54) is 4.90 Å². The van der Waals surface area contributed by atoms with Crippen molar-refractivity contribution >= 4 is 39.3 Å². The lowest BCUT2D eigenvalue weighted by atomic mass is 10.2. The molecule has 112 valence electrons. The topological polar surface area (TPSA) is 55.3 Å². The minimum absolute atomic E-state index is 0.307. The third-order valence-electron chi connectivity index (χ3n) is 2.46. The molecule has 2 heterocycles. The maximum absolute atomic E-state index is 12.0. The second kappa shape index (κ2) is 6.11. The predicted octanol–water partition coefficient (Wildman–Crippen LogP) is 4.34. The van der Waals surface area contributed by atoms with Gasteiger partial charge < -0.3 is 4.74 Å². The van der Waals surface area contributed by atoms with Crippen molar-refractivity contribution in [2.75, 3.05) is 11.9 Å². The van der Waals surface area contributed by atoms with Gasteiger partial charge in [-0.25, -0.2) is 19.7 Å². The van der Waals surface area contributed by atoms with Crippen molar-refractivity contribution in [3.05, 3.63) is 28.2 Å². The van der Waals surface area contributed by atoms with Gasteiger partial charge in [0.15, 0.2) is 0 Å². The molecule has 0 radical (unpaired) electrons. The molecule has 0 fully saturated rings. The van der Waals surface area contributed by atoms with Gasteiger partial charge in [-0.1, -0.05) is 0 Å². The molecule has 2 rings (SSSR count). The minimum atomic E-state index is -0.556. The molecule has 0 saturated heterocycles. The van der Waals surface area contributed by atoms with Gasteiger partial charge in [-0.05, 0) is 54.2 Å². The number of ether oxygens (including phenoxy) is 1. The van der Waals surface area contributed by atoms with E-state index in [-0.39, 0.29) is 0 Å². The van der Waals surface area contributed by atoms with Gasteiger partial charge in [-0.2, -0.15) is 0 Å². The van der Waals surface area contributed by atoms with Gasteiger partial charge in [0.2, 0.25) is 5.95 Å². The summed E-state index contributed by atoms with van der Waals surface area (Å²) in [5, 5.41) is 1.97. The van der Waals surface area contributed by atoms with E-state index in [0.717, 1.165) is 15.0 Å². The van der Waals surface area contributed by atoms with Crippen LogP contribution in [-0.4, -0.2) is 28.7 Å². The SMILES string of the molecule is CN(C(=O)OC(C)(C)C)c1nccc(-c2sccc2Br)n1. The zero-order valence-corrected chi connectivity index (χ0v) is 14.7. The fourth-order valence-electron chi connectivity index (χ4n) is 1.53. The van der Waals surface area contributed by atoms with Gasteiger partial charge in [0, 0.05) is 17.7 Å². The van der Waals surface area contributed by atoms with E-state index in [0.29, 0.717) is 5.95 Å². The summed E-state index contributed by atoms with van der Waals surface area (Å²) in [5.74, 6) is 0.307. The van der Waals surface area contributed by atoms with Crippen LogP contribution in [0, 0.1) is 0 Å². The van der Waals surface area contributed by atoms with Crippen molar-refractivity contribution in [3.8, 4) is 10.6 Å². The van der Waals surface area contributed by atoms with Crippen LogP contribution in [0.3, 0.4) is 0 Å². The second-order valence-corrected chi connectivity index (χ2v) is 7.15. The highest BCUT2D eigenvalue weighted by atomic mass is 79.9. The van der Waals surface area contributed by atoms with Gasteiger partial charge in [0.1, 0.15) is 5.60 Å². The van der Waals surface area contributed by atoms with Crippen LogP contribution in [-0.2, 0) is 4.74 Å². The Balaban J connectivity index is 2.25. The molecule has 5 nitrogen and oxygen atoms in total. The van der Waals surface area contributed by atoms with Crippen molar-refractivity contribution in [2.24, 2.45) is 0 Å². The van der Waals surface area contributed by atoms with Gasteiger partial charge in [0.05, 0.1) is 10.6 Å². The maximum Gasteiger partial charge on any atom is 0.416 e. The first-order valence-electron chi connectivity index (χ1n) is 6.31. The van der Waals surface area contributed by atoms with Gasteiger partial charge in [-0.3, -0.25) is 0 Å². The molecule has 0 bridgehead atoms. The quantitative estimate of drug-likeness (QED) is 0.789. The smallest absolute Gasteiger partial charge is 0.416 e. The number of carbonyl (C=O) groups excluding carboxylic acids is 1. The molecular weight excluding hydrogens is 354 g/mol. The molecule has 0 aliphatic heterocycles. The largest absolute Gasteiger partial charge is 0.443 e. The first-order valence-corrected chi connectivity index (χ1v) is 7.98. The number of rotatable bonds is 2. The highest BCUT2D eigenvalue weighted by Gasteiger charge is 2.22. The normalized spacial score (nSPS) is 11.3. The summed E-state index contributed by atoms with van der Waals surface area (Å²) in [7, 11) is 1.59. The highest BCUT2D eigenvalue weighted by Crippen LogP contribution is 2.32. The predicted molar refractivity (Wildman–Crippen MR) is 87.7 cm³/mol. The molecular formula is C14H16BrN3O2S. The van der Waals surface area contributed by atoms with E-state index in [1.54, 1.807) is 24.6 Å². The molecule has 2 aromatic heterocycles. The lowest BCUT2D eigenvalue weighted by Crippen LogP contribution is -2.35. The summed E-state index contributed by atoms with van der Waals surface area (Å²) < 4.78 is 6.28. The summed E-state index contributed by atoms with van der Waals surface area (Å²) in [4.78, 5) is 22.9. The summed E-state index contributed by atoms with van der Waals surface area (Å²) in [6, 6.07) is 3.77. The Kier molecular flexibility index (Phi) is 4.63. The summed E-state index contributed by atoms with van der Waals surface area (Å²) in [5.41, 5.74) is 0.206. The molecule has 2 aromatic rings. The molecule has 0 aliphatic rings. The number of carbonyl (C=O) groups is 1. The van der Waals surface area contributed by atoms with Crippen LogP contribution in [0.15, 0.2) is 28.2 Å². The molecule has 0 N–H and O–H groups in total. The van der Waals surface area contributed by atoms with Crippen LogP contribution in [0.4, 0.5) is 10.7 Å². The van der Waals surface area contributed by atoms with Crippen molar-refractivity contribution in [2.45, 2.75) is 26.4 Å². The molecule has 0 unspecified atom stereocenters. The fourth-order valence-corrected chi connectivity index (χ4v) is 3.07. The Morgan fingerprint density at radius 2 is 2.10 bits per heavy atom. The van der Waals surface area contributed by atoms with E-state index in [1.807, 2.05) is 38.3 Å². The van der Waals surface area contributed by atoms with Crippen LogP contribution in [0.1, 0.15) is 20.8 Å². The Morgan fingerprint density at radius 1 is 1.38 bits per heavy atom. The number of anilines is 1. The number of thiophene rings is 1. The number of hydrogen-bond acceptors (Lipinski definition) is 5. The van der Waals surface area contributed by atoms with Crippen LogP contribution >= 0.6 is 27.3 Å². The first kappa shape index (κ1) is 15.9. The van der Waals surface area contributed by atoms with Crippen molar-refractivity contribution in [1.82, 2.24) is 9.97 Å². The number of hydrogen-bond donors (Lipinski definition) is 0. The van der Waals surface area contributed by atoms with E-state index >= 15 is 0 Å². The molecule has 0 spiro atoms. The average Bonchev–Trinajstić information content (AvgIpc) is 2.82. The number of amides is 1. The molecule has 0 saturated carbocycles. The lowest BCUT2D eigenvalue weighted by Gasteiger charge is -2.23. The molecule has 7 heteroatoms. The number of nitrogens with zero attached hydrogens (tertiary/aromatic N) is 3. The second-order valence-electron chi connectivity index (χ2n) is 5.38. The van der Waals surface area contributed by atoms with Crippen LogP contribution < -0.4 is 4.90 Å². The van der Waals surface area contributed by atoms with Crippen LogP contribution in [0.2, 0.25) is 0 Å². The van der Waals surface area contributed by atoms with Gasteiger partial charge >= 0.3 is 6.09 Å². The third-order valence-corrected chi connectivity index (χ3v) is 4.32. The van der Waals surface area contributed by atoms with Gasteiger partial charge in [-0.15, -0.1) is 11.3 Å². The summed E-state index contributed by atoms with van der Waals surface area (Å²) in [6.45, 7) is 5.45. The standard InChI is InChI=1S/C14H16BrN3O2S/c1-14(2,3)20-13(19)18(4)12-16-7-5-10(17-12)11-9(15)6-8-21-11/h5-8H,1-4H3. The molecule has 1 amide bonds. The van der Waals surface area contributed by atoms with Gasteiger partial charge in [0.25, 0.3) is 0 Å². The van der Waals surface area contributed by atoms with Crippen molar-refractivity contribution in [1.29, 1.82) is 0 Å². The van der Waals surface area contributed by atoms with E-state index in [2.05, 4.69) is 25.9 Å². The van der Waals surface area contributed by atoms with Crippen molar-refractivity contribution < 1.29 is 9.53 Å². The Morgan fingerprint density at radius 3 is 2.67 bits per heavy atom. The lowest BCUT2D eigenvalue weighted by molar-refractivity contribution is 0.0587. The Bertz CT molecular complexity index is 652. The van der Waals surface area contributed by atoms with E-state index < -0.39 is 11.7 Å². The van der Waals surface area contributed by atoms with Crippen molar-refractivity contribution in [3.63, 3.8) is 0 Å². The molecule has 21 heavy (non-hydrogen) atoms. The zero-order valence-electron chi connectivity index (χ0n) is 12.3. The average molecular weight is 370 g/mol. The van der Waals surface area contributed by atoms with Crippen LogP contribution in [0.25, 0.3) is 10.6 Å². The van der Waals surface area contributed by atoms with Crippen LogP contribution in [0.5, 0.6) is 0 Å². The Labute approximate surface area is 136 Å². The number of aromatic nitrogens is 2. The summed E-state index contributed by atoms with van der Waals surface area (Å²) in [6.07, 6.45) is 1.15. The summed E-state index contributed by atoms with van der Waals surface area (Å²) >= 11 is 5.05. The maximum atomic E-state index is 12.0. The Hall–Kier alpha value is -1.47. The first-order chi connectivity index (χ1) is 9.78. The third kappa shape index (κ3) is 4.01. The minimum Gasteiger partial charge on any atom is -0.443 e. The monoisotopic (exact) mass is 369 g/mol. The number of halogens is 1. The molecule has 0 aromatic carbocycles.